The second-order valence-corrected chi connectivity index (χ2v) is 6.29. The molecule has 1 heterocycles. The molecule has 100 valence electrons. The van der Waals surface area contributed by atoms with Crippen molar-refractivity contribution in [3.05, 3.63) is 0 Å². The molecule has 1 fully saturated rings. The Labute approximate surface area is 104 Å². The van der Waals surface area contributed by atoms with E-state index in [2.05, 4.69) is 4.72 Å². The standard InChI is InChI=1S/C11H22N2O3S/c1-3-7-10(2)11(14)12-17(15,16)13-8-5-4-6-9-13/h10H,3-9H2,1-2H3,(H,12,14)/t10-/m1/s1. The third kappa shape index (κ3) is 4.27. The molecule has 1 saturated heterocycles. The molecule has 0 saturated carbocycles. The molecule has 0 aromatic rings. The molecule has 1 rings (SSSR count). The third-order valence-corrected chi connectivity index (χ3v) is 4.56. The maximum absolute atomic E-state index is 11.9. The van der Waals surface area contributed by atoms with Crippen LogP contribution in [0.3, 0.4) is 0 Å². The van der Waals surface area contributed by atoms with Crippen LogP contribution in [0.4, 0.5) is 0 Å². The van der Waals surface area contributed by atoms with Crippen molar-refractivity contribution in [1.29, 1.82) is 0 Å². The minimum atomic E-state index is -3.61. The lowest BCUT2D eigenvalue weighted by Gasteiger charge is -2.26. The van der Waals surface area contributed by atoms with Gasteiger partial charge in [0.2, 0.25) is 5.91 Å². The number of nitrogens with one attached hydrogen (secondary N) is 1. The first-order chi connectivity index (χ1) is 7.97. The van der Waals surface area contributed by atoms with Crippen molar-refractivity contribution < 1.29 is 13.2 Å². The molecule has 0 spiro atoms. The fourth-order valence-electron chi connectivity index (χ4n) is 1.96. The molecule has 0 aromatic heterocycles. The van der Waals surface area contributed by atoms with Crippen molar-refractivity contribution in [2.75, 3.05) is 13.1 Å². The zero-order valence-electron chi connectivity index (χ0n) is 10.6. The van der Waals surface area contributed by atoms with Gasteiger partial charge in [-0.25, -0.2) is 4.72 Å². The molecule has 1 atom stereocenters. The second kappa shape index (κ2) is 6.35. The van der Waals surface area contributed by atoms with Gasteiger partial charge >= 0.3 is 10.2 Å². The van der Waals surface area contributed by atoms with Crippen LogP contribution in [0.15, 0.2) is 0 Å². The van der Waals surface area contributed by atoms with E-state index in [-0.39, 0.29) is 5.92 Å². The summed E-state index contributed by atoms with van der Waals surface area (Å²) in [5.41, 5.74) is 0. The summed E-state index contributed by atoms with van der Waals surface area (Å²) in [6.45, 7) is 4.77. The Morgan fingerprint density at radius 1 is 1.29 bits per heavy atom. The van der Waals surface area contributed by atoms with Gasteiger partial charge in [0, 0.05) is 19.0 Å². The van der Waals surface area contributed by atoms with E-state index in [1.807, 2.05) is 6.92 Å². The van der Waals surface area contributed by atoms with Crippen LogP contribution < -0.4 is 4.72 Å². The Morgan fingerprint density at radius 3 is 2.41 bits per heavy atom. The Kier molecular flexibility index (Phi) is 5.39. The predicted molar refractivity (Wildman–Crippen MR) is 66.6 cm³/mol. The van der Waals surface area contributed by atoms with E-state index in [1.54, 1.807) is 6.92 Å². The molecular formula is C11H22N2O3S. The molecule has 6 heteroatoms. The fourth-order valence-corrected chi connectivity index (χ4v) is 3.29. The van der Waals surface area contributed by atoms with Gasteiger partial charge in [-0.2, -0.15) is 12.7 Å². The van der Waals surface area contributed by atoms with Crippen molar-refractivity contribution in [2.45, 2.75) is 46.0 Å². The Bertz CT molecular complexity index is 348. The van der Waals surface area contributed by atoms with Crippen molar-refractivity contribution in [1.82, 2.24) is 9.03 Å². The smallest absolute Gasteiger partial charge is 0.274 e. The van der Waals surface area contributed by atoms with E-state index in [0.717, 1.165) is 25.7 Å². The number of hydrogen-bond donors (Lipinski definition) is 1. The minimum absolute atomic E-state index is 0.250. The highest BCUT2D eigenvalue weighted by Gasteiger charge is 2.27. The zero-order chi connectivity index (χ0) is 12.9. The molecule has 1 amide bonds. The van der Waals surface area contributed by atoms with Crippen LogP contribution in [-0.4, -0.2) is 31.7 Å². The molecule has 1 aliphatic heterocycles. The van der Waals surface area contributed by atoms with Crippen LogP contribution in [0.25, 0.3) is 0 Å². The van der Waals surface area contributed by atoms with Crippen LogP contribution in [0.5, 0.6) is 0 Å². The molecule has 0 radical (unpaired) electrons. The van der Waals surface area contributed by atoms with Crippen LogP contribution in [0.2, 0.25) is 0 Å². The van der Waals surface area contributed by atoms with Gasteiger partial charge in [-0.05, 0) is 19.3 Å². The number of carbonyl (C=O) groups excluding carboxylic acids is 1. The number of rotatable bonds is 5. The van der Waals surface area contributed by atoms with Crippen LogP contribution in [0.1, 0.15) is 46.0 Å². The fraction of sp³-hybridized carbons (Fsp3) is 0.909. The monoisotopic (exact) mass is 262 g/mol. The lowest BCUT2D eigenvalue weighted by atomic mass is 10.1. The first-order valence-electron chi connectivity index (χ1n) is 6.29. The summed E-state index contributed by atoms with van der Waals surface area (Å²) in [5.74, 6) is -0.642. The first kappa shape index (κ1) is 14.4. The highest BCUT2D eigenvalue weighted by molar-refractivity contribution is 7.87. The quantitative estimate of drug-likeness (QED) is 0.811. The molecule has 5 nitrogen and oxygen atoms in total. The van der Waals surface area contributed by atoms with E-state index < -0.39 is 16.1 Å². The van der Waals surface area contributed by atoms with E-state index in [4.69, 9.17) is 0 Å². The molecule has 0 bridgehead atoms. The SMILES string of the molecule is CCC[C@@H](C)C(=O)NS(=O)(=O)N1CCCCC1. The summed E-state index contributed by atoms with van der Waals surface area (Å²) in [5, 5.41) is 0. The van der Waals surface area contributed by atoms with Gasteiger partial charge in [-0.15, -0.1) is 0 Å². The predicted octanol–water partition coefficient (Wildman–Crippen LogP) is 1.27. The maximum atomic E-state index is 11.9. The summed E-state index contributed by atoms with van der Waals surface area (Å²) in [7, 11) is -3.61. The highest BCUT2D eigenvalue weighted by Crippen LogP contribution is 2.13. The Morgan fingerprint density at radius 2 is 1.88 bits per heavy atom. The summed E-state index contributed by atoms with van der Waals surface area (Å²) in [4.78, 5) is 11.7. The molecule has 0 aliphatic carbocycles. The minimum Gasteiger partial charge on any atom is -0.274 e. The average Bonchev–Trinajstić information content (AvgIpc) is 2.30. The molecule has 17 heavy (non-hydrogen) atoms. The van der Waals surface area contributed by atoms with E-state index >= 15 is 0 Å². The number of piperidine rings is 1. The van der Waals surface area contributed by atoms with Gasteiger partial charge in [0.15, 0.2) is 0 Å². The van der Waals surface area contributed by atoms with E-state index in [1.165, 1.54) is 4.31 Å². The van der Waals surface area contributed by atoms with Crippen LogP contribution in [0, 0.1) is 5.92 Å². The summed E-state index contributed by atoms with van der Waals surface area (Å²) in [6.07, 6.45) is 4.39. The molecule has 0 aromatic carbocycles. The van der Waals surface area contributed by atoms with Crippen LogP contribution in [-0.2, 0) is 15.0 Å². The average molecular weight is 262 g/mol. The van der Waals surface area contributed by atoms with Gasteiger partial charge in [-0.1, -0.05) is 26.7 Å². The second-order valence-electron chi connectivity index (χ2n) is 4.62. The number of amides is 1. The molecule has 1 aliphatic rings. The number of hydrogen-bond acceptors (Lipinski definition) is 3. The summed E-state index contributed by atoms with van der Waals surface area (Å²) in [6, 6.07) is 0. The van der Waals surface area contributed by atoms with Gasteiger partial charge in [-0.3, -0.25) is 4.79 Å². The zero-order valence-corrected chi connectivity index (χ0v) is 11.4. The molecule has 0 unspecified atom stereocenters. The first-order valence-corrected chi connectivity index (χ1v) is 7.73. The normalized spacial score (nSPS) is 19.9. The van der Waals surface area contributed by atoms with Gasteiger partial charge in [0.25, 0.3) is 0 Å². The van der Waals surface area contributed by atoms with E-state index in [9.17, 15) is 13.2 Å². The van der Waals surface area contributed by atoms with E-state index in [0.29, 0.717) is 19.5 Å². The Hall–Kier alpha value is -0.620. The topological polar surface area (TPSA) is 66.5 Å². The molecule has 1 N–H and O–H groups in total. The largest absolute Gasteiger partial charge is 0.303 e. The van der Waals surface area contributed by atoms with Gasteiger partial charge in [0.05, 0.1) is 0 Å². The number of carbonyl (C=O) groups is 1. The van der Waals surface area contributed by atoms with Crippen molar-refractivity contribution >= 4 is 16.1 Å². The lowest BCUT2D eigenvalue weighted by Crippen LogP contribution is -2.47. The van der Waals surface area contributed by atoms with Gasteiger partial charge in [0.1, 0.15) is 0 Å². The molecular weight excluding hydrogens is 240 g/mol. The van der Waals surface area contributed by atoms with Crippen molar-refractivity contribution in [3.63, 3.8) is 0 Å². The Balaban J connectivity index is 2.56. The maximum Gasteiger partial charge on any atom is 0.303 e. The summed E-state index contributed by atoms with van der Waals surface area (Å²) < 4.78 is 27.3. The highest BCUT2D eigenvalue weighted by atomic mass is 32.2. The number of nitrogens with zero attached hydrogens (tertiary/aromatic N) is 1. The third-order valence-electron chi connectivity index (χ3n) is 3.05. The van der Waals surface area contributed by atoms with Crippen LogP contribution >= 0.6 is 0 Å². The summed E-state index contributed by atoms with van der Waals surface area (Å²) >= 11 is 0. The van der Waals surface area contributed by atoms with Gasteiger partial charge < -0.3 is 0 Å². The van der Waals surface area contributed by atoms with Crippen molar-refractivity contribution in [2.24, 2.45) is 5.92 Å². The lowest BCUT2D eigenvalue weighted by molar-refractivity contribution is -0.122. The van der Waals surface area contributed by atoms with Crippen molar-refractivity contribution in [3.8, 4) is 0 Å².